The van der Waals surface area contributed by atoms with Crippen LogP contribution in [0, 0.1) is 0 Å². The topological polar surface area (TPSA) is 78.6 Å². The molecule has 0 saturated heterocycles. The Labute approximate surface area is 106 Å². The van der Waals surface area contributed by atoms with E-state index in [1.807, 2.05) is 0 Å². The van der Waals surface area contributed by atoms with Gasteiger partial charge in [0.15, 0.2) is 23.4 Å². The molecule has 0 heterocycles. The number of primary amides is 1. The van der Waals surface area contributed by atoms with Crippen LogP contribution in [-0.4, -0.2) is 24.9 Å². The minimum absolute atomic E-state index is 0.00368. The van der Waals surface area contributed by atoms with Gasteiger partial charge >= 0.3 is 0 Å². The van der Waals surface area contributed by atoms with Crippen LogP contribution < -0.4 is 15.2 Å². The third-order valence-electron chi connectivity index (χ3n) is 2.55. The Morgan fingerprint density at radius 1 is 1.33 bits per heavy atom. The van der Waals surface area contributed by atoms with Crippen molar-refractivity contribution in [2.45, 2.75) is 26.4 Å². The molecule has 1 aromatic carbocycles. The van der Waals surface area contributed by atoms with E-state index in [0.29, 0.717) is 23.5 Å². The number of rotatable bonds is 6. The Hall–Kier alpha value is -2.04. The molecule has 5 heteroatoms. The van der Waals surface area contributed by atoms with E-state index in [1.54, 1.807) is 19.9 Å². The van der Waals surface area contributed by atoms with Gasteiger partial charge in [0, 0.05) is 12.0 Å². The van der Waals surface area contributed by atoms with Crippen molar-refractivity contribution in [3.8, 4) is 11.5 Å². The van der Waals surface area contributed by atoms with E-state index in [-0.39, 0.29) is 5.78 Å². The van der Waals surface area contributed by atoms with Crippen molar-refractivity contribution in [2.75, 3.05) is 7.11 Å². The van der Waals surface area contributed by atoms with Gasteiger partial charge in [-0.25, -0.2) is 0 Å². The predicted octanol–water partition coefficient (Wildman–Crippen LogP) is 1.54. The summed E-state index contributed by atoms with van der Waals surface area (Å²) in [7, 11) is 1.46. The van der Waals surface area contributed by atoms with Gasteiger partial charge in [0.05, 0.1) is 7.11 Å². The fraction of sp³-hybridized carbons (Fsp3) is 0.385. The van der Waals surface area contributed by atoms with Crippen molar-refractivity contribution < 1.29 is 19.1 Å². The maximum atomic E-state index is 11.5. The van der Waals surface area contributed by atoms with E-state index in [1.165, 1.54) is 19.2 Å². The van der Waals surface area contributed by atoms with Crippen molar-refractivity contribution >= 4 is 11.7 Å². The zero-order chi connectivity index (χ0) is 13.7. The summed E-state index contributed by atoms with van der Waals surface area (Å²) >= 11 is 0. The molecule has 0 aromatic heterocycles. The zero-order valence-corrected chi connectivity index (χ0v) is 10.7. The molecular formula is C13H17NO4. The Bertz CT molecular complexity index is 456. The van der Waals surface area contributed by atoms with E-state index in [4.69, 9.17) is 15.2 Å². The molecule has 0 aliphatic rings. The molecule has 0 aliphatic carbocycles. The number of benzene rings is 1. The van der Waals surface area contributed by atoms with Crippen LogP contribution in [0.2, 0.25) is 0 Å². The minimum atomic E-state index is -0.552. The molecule has 0 saturated carbocycles. The summed E-state index contributed by atoms with van der Waals surface area (Å²) in [5, 5.41) is 0. The van der Waals surface area contributed by atoms with Gasteiger partial charge in [-0.3, -0.25) is 9.59 Å². The van der Waals surface area contributed by atoms with Crippen LogP contribution in [0.15, 0.2) is 18.2 Å². The average molecular weight is 251 g/mol. The summed E-state index contributed by atoms with van der Waals surface area (Å²) in [5.74, 6) is 0.243. The van der Waals surface area contributed by atoms with Gasteiger partial charge in [0.2, 0.25) is 5.91 Å². The summed E-state index contributed by atoms with van der Waals surface area (Å²) in [6, 6.07) is 4.59. The SMILES string of the molecule is CCC(=O)C(C)Oc1ccc(C(N)=O)cc1OC. The monoisotopic (exact) mass is 251 g/mol. The van der Waals surface area contributed by atoms with Gasteiger partial charge in [-0.2, -0.15) is 0 Å². The van der Waals surface area contributed by atoms with Crippen LogP contribution in [0.3, 0.4) is 0 Å². The number of hydrogen-bond donors (Lipinski definition) is 1. The molecule has 98 valence electrons. The predicted molar refractivity (Wildman–Crippen MR) is 66.9 cm³/mol. The van der Waals surface area contributed by atoms with Crippen molar-refractivity contribution in [3.05, 3.63) is 23.8 Å². The summed E-state index contributed by atoms with van der Waals surface area (Å²) in [6.07, 6.45) is -0.147. The average Bonchev–Trinajstić information content (AvgIpc) is 2.37. The highest BCUT2D eigenvalue weighted by Crippen LogP contribution is 2.29. The zero-order valence-electron chi connectivity index (χ0n) is 10.7. The molecule has 0 fully saturated rings. The second-order valence-electron chi connectivity index (χ2n) is 3.81. The number of hydrogen-bond acceptors (Lipinski definition) is 4. The molecule has 0 radical (unpaired) electrons. The number of methoxy groups -OCH3 is 1. The lowest BCUT2D eigenvalue weighted by Gasteiger charge is -2.15. The molecule has 18 heavy (non-hydrogen) atoms. The molecule has 1 amide bonds. The second-order valence-corrected chi connectivity index (χ2v) is 3.81. The third-order valence-corrected chi connectivity index (χ3v) is 2.55. The number of carbonyl (C=O) groups excluding carboxylic acids is 2. The summed E-state index contributed by atoms with van der Waals surface area (Å²) in [4.78, 5) is 22.5. The van der Waals surface area contributed by atoms with E-state index in [9.17, 15) is 9.59 Å². The second kappa shape index (κ2) is 6.05. The standard InChI is InChI=1S/C13H17NO4/c1-4-10(15)8(2)18-11-6-5-9(13(14)16)7-12(11)17-3/h5-8H,4H2,1-3H3,(H2,14,16). The van der Waals surface area contributed by atoms with E-state index >= 15 is 0 Å². The quantitative estimate of drug-likeness (QED) is 0.831. The molecule has 5 nitrogen and oxygen atoms in total. The van der Waals surface area contributed by atoms with Crippen molar-refractivity contribution in [2.24, 2.45) is 5.73 Å². The molecule has 0 aliphatic heterocycles. The first-order chi connectivity index (χ1) is 8.49. The third kappa shape index (κ3) is 3.23. The highest BCUT2D eigenvalue weighted by molar-refractivity contribution is 5.93. The van der Waals surface area contributed by atoms with Gasteiger partial charge < -0.3 is 15.2 Å². The van der Waals surface area contributed by atoms with Gasteiger partial charge in [-0.15, -0.1) is 0 Å². The molecule has 2 N–H and O–H groups in total. The number of amides is 1. The van der Waals surface area contributed by atoms with Gasteiger partial charge in [0.25, 0.3) is 0 Å². The number of Topliss-reactive ketones (excluding diaryl/α,β-unsaturated/α-hetero) is 1. The summed E-state index contributed by atoms with van der Waals surface area (Å²) < 4.78 is 10.6. The van der Waals surface area contributed by atoms with E-state index in [2.05, 4.69) is 0 Å². The van der Waals surface area contributed by atoms with Crippen LogP contribution in [0.5, 0.6) is 11.5 Å². The number of nitrogens with two attached hydrogens (primary N) is 1. The Morgan fingerprint density at radius 3 is 2.50 bits per heavy atom. The molecular weight excluding hydrogens is 234 g/mol. The Kier molecular flexibility index (Phi) is 4.71. The maximum absolute atomic E-state index is 11.5. The summed E-state index contributed by atoms with van der Waals surface area (Å²) in [5.41, 5.74) is 5.50. The van der Waals surface area contributed by atoms with Crippen LogP contribution in [0.4, 0.5) is 0 Å². The fourth-order valence-corrected chi connectivity index (χ4v) is 1.46. The molecule has 1 aromatic rings. The first-order valence-electron chi connectivity index (χ1n) is 5.66. The fourth-order valence-electron chi connectivity index (χ4n) is 1.46. The van der Waals surface area contributed by atoms with Crippen molar-refractivity contribution in [1.29, 1.82) is 0 Å². The normalized spacial score (nSPS) is 11.7. The molecule has 1 atom stereocenters. The van der Waals surface area contributed by atoms with Crippen LogP contribution >= 0.6 is 0 Å². The minimum Gasteiger partial charge on any atom is -0.493 e. The lowest BCUT2D eigenvalue weighted by Crippen LogP contribution is -2.23. The first kappa shape index (κ1) is 14.0. The maximum Gasteiger partial charge on any atom is 0.248 e. The lowest BCUT2D eigenvalue weighted by molar-refractivity contribution is -0.124. The number of ketones is 1. The van der Waals surface area contributed by atoms with Gasteiger partial charge in [-0.1, -0.05) is 6.92 Å². The van der Waals surface area contributed by atoms with E-state index < -0.39 is 12.0 Å². The van der Waals surface area contributed by atoms with Crippen molar-refractivity contribution in [3.63, 3.8) is 0 Å². The Balaban J connectivity index is 2.96. The van der Waals surface area contributed by atoms with Crippen molar-refractivity contribution in [1.82, 2.24) is 0 Å². The molecule has 0 bridgehead atoms. The van der Waals surface area contributed by atoms with Crippen LogP contribution in [0.1, 0.15) is 30.6 Å². The van der Waals surface area contributed by atoms with Crippen LogP contribution in [0.25, 0.3) is 0 Å². The lowest BCUT2D eigenvalue weighted by atomic mass is 10.2. The smallest absolute Gasteiger partial charge is 0.248 e. The highest BCUT2D eigenvalue weighted by Gasteiger charge is 2.16. The number of carbonyl (C=O) groups is 2. The first-order valence-corrected chi connectivity index (χ1v) is 5.66. The van der Waals surface area contributed by atoms with Gasteiger partial charge in [-0.05, 0) is 25.1 Å². The van der Waals surface area contributed by atoms with Crippen LogP contribution in [-0.2, 0) is 4.79 Å². The van der Waals surface area contributed by atoms with Gasteiger partial charge in [0.1, 0.15) is 0 Å². The largest absolute Gasteiger partial charge is 0.493 e. The Morgan fingerprint density at radius 2 is 2.00 bits per heavy atom. The van der Waals surface area contributed by atoms with E-state index in [0.717, 1.165) is 0 Å². The molecule has 1 unspecified atom stereocenters. The number of ether oxygens (including phenoxy) is 2. The highest BCUT2D eigenvalue weighted by atomic mass is 16.5. The summed E-state index contributed by atoms with van der Waals surface area (Å²) in [6.45, 7) is 3.45. The molecule has 1 rings (SSSR count). The molecule has 0 spiro atoms.